The Hall–Kier alpha value is -0.730. The second kappa shape index (κ2) is 5.34. The van der Waals surface area contributed by atoms with Gasteiger partial charge in [0.1, 0.15) is 12.2 Å². The summed E-state index contributed by atoms with van der Waals surface area (Å²) < 4.78 is 22.0. The van der Waals surface area contributed by atoms with Crippen LogP contribution in [0.2, 0.25) is 0 Å². The Morgan fingerprint density at radius 2 is 2.05 bits per heavy atom. The van der Waals surface area contributed by atoms with Gasteiger partial charge >= 0.3 is 0 Å². The fraction of sp³-hybridized carbons (Fsp3) is 0.917. The summed E-state index contributed by atoms with van der Waals surface area (Å²) >= 11 is 0. The Bertz CT molecular complexity index is 345. The van der Waals surface area contributed by atoms with Crippen molar-refractivity contribution in [2.75, 3.05) is 13.7 Å². The monoisotopic (exact) mass is 275 g/mol. The predicted octanol–water partition coefficient (Wildman–Crippen LogP) is -0.625. The van der Waals surface area contributed by atoms with Crippen LogP contribution >= 0.6 is 0 Å². The van der Waals surface area contributed by atoms with E-state index < -0.39 is 36.5 Å². The Morgan fingerprint density at radius 3 is 2.63 bits per heavy atom. The highest BCUT2D eigenvalue weighted by Crippen LogP contribution is 2.38. The lowest BCUT2D eigenvalue weighted by molar-refractivity contribution is -0.225. The Morgan fingerprint density at radius 1 is 1.42 bits per heavy atom. The molecule has 0 aromatic carbocycles. The summed E-state index contributed by atoms with van der Waals surface area (Å²) in [4.78, 5) is 12.0. The molecule has 2 N–H and O–H groups in total. The number of hydrogen-bond acceptors (Lipinski definition) is 6. The fourth-order valence-corrected chi connectivity index (χ4v) is 2.31. The molecular formula is C12H21NO6. The maximum Gasteiger partial charge on any atom is 0.252 e. The first-order valence-electron chi connectivity index (χ1n) is 6.34. The Kier molecular flexibility index (Phi) is 4.12. The third-order valence-corrected chi connectivity index (χ3v) is 3.07. The highest BCUT2D eigenvalue weighted by Gasteiger charge is 2.57. The highest BCUT2D eigenvalue weighted by atomic mass is 16.8. The second-order valence-corrected chi connectivity index (χ2v) is 5.32. The Balaban J connectivity index is 2.03. The van der Waals surface area contributed by atoms with Crippen LogP contribution < -0.4 is 5.32 Å². The van der Waals surface area contributed by atoms with Crippen molar-refractivity contribution >= 4 is 5.91 Å². The molecule has 0 aromatic heterocycles. The summed E-state index contributed by atoms with van der Waals surface area (Å²) in [6, 6.07) is 0. The smallest absolute Gasteiger partial charge is 0.252 e. The van der Waals surface area contributed by atoms with Gasteiger partial charge in [-0.05, 0) is 20.8 Å². The van der Waals surface area contributed by atoms with E-state index in [1.807, 2.05) is 0 Å². The number of carbonyl (C=O) groups is 1. The first-order chi connectivity index (χ1) is 8.84. The molecule has 5 atom stereocenters. The zero-order valence-corrected chi connectivity index (χ0v) is 11.6. The van der Waals surface area contributed by atoms with Gasteiger partial charge in [-0.2, -0.15) is 0 Å². The molecule has 0 aliphatic carbocycles. The van der Waals surface area contributed by atoms with Crippen molar-refractivity contribution in [3.8, 4) is 0 Å². The zero-order valence-electron chi connectivity index (χ0n) is 11.6. The number of methoxy groups -OCH3 is 1. The third kappa shape index (κ3) is 3.06. The molecule has 2 saturated heterocycles. The van der Waals surface area contributed by atoms with Crippen molar-refractivity contribution in [3.05, 3.63) is 0 Å². The minimum absolute atomic E-state index is 0.165. The van der Waals surface area contributed by atoms with Gasteiger partial charge in [0.05, 0.1) is 6.10 Å². The van der Waals surface area contributed by atoms with Crippen LogP contribution in [0.25, 0.3) is 0 Å². The summed E-state index contributed by atoms with van der Waals surface area (Å²) in [6.45, 7) is 5.32. The molecule has 2 heterocycles. The molecule has 19 heavy (non-hydrogen) atoms. The van der Waals surface area contributed by atoms with E-state index in [4.69, 9.17) is 18.9 Å². The molecule has 2 aliphatic heterocycles. The van der Waals surface area contributed by atoms with Gasteiger partial charge in [0.25, 0.3) is 5.91 Å². The molecule has 2 rings (SSSR count). The third-order valence-electron chi connectivity index (χ3n) is 3.07. The Labute approximate surface area is 112 Å². The molecule has 2 fully saturated rings. The number of carbonyl (C=O) groups excluding carboxylic acids is 1. The molecule has 7 nitrogen and oxygen atoms in total. The molecule has 0 bridgehead atoms. The number of ether oxygens (including phenoxy) is 4. The molecule has 110 valence electrons. The molecule has 1 amide bonds. The van der Waals surface area contributed by atoms with E-state index in [1.165, 1.54) is 7.11 Å². The molecule has 0 aromatic rings. The molecule has 0 saturated carbocycles. The van der Waals surface area contributed by atoms with Crippen molar-refractivity contribution in [1.29, 1.82) is 0 Å². The maximum atomic E-state index is 12.0. The lowest BCUT2D eigenvalue weighted by atomic mass is 10.1. The normalized spacial score (nSPS) is 37.9. The SMILES string of the molecule is CO[C@@H]1O[C@H](C(=O)NCC(C)O)[C@H]2OC(C)(C)O[C@@H]12. The average Bonchev–Trinajstić information content (AvgIpc) is 2.78. The van der Waals surface area contributed by atoms with Crippen molar-refractivity contribution in [2.45, 2.75) is 57.3 Å². The molecule has 2 aliphatic rings. The van der Waals surface area contributed by atoms with Crippen LogP contribution in [0.5, 0.6) is 0 Å². The largest absolute Gasteiger partial charge is 0.392 e. The number of aliphatic hydroxyl groups excluding tert-OH is 1. The van der Waals surface area contributed by atoms with Crippen LogP contribution in [0.4, 0.5) is 0 Å². The maximum absolute atomic E-state index is 12.0. The molecule has 0 spiro atoms. The first-order valence-corrected chi connectivity index (χ1v) is 6.34. The van der Waals surface area contributed by atoms with E-state index in [2.05, 4.69) is 5.32 Å². The number of nitrogens with one attached hydrogen (secondary N) is 1. The van der Waals surface area contributed by atoms with Gasteiger partial charge < -0.3 is 29.4 Å². The van der Waals surface area contributed by atoms with Gasteiger partial charge in [-0.1, -0.05) is 0 Å². The number of rotatable bonds is 4. The number of amides is 1. The van der Waals surface area contributed by atoms with Crippen LogP contribution in [-0.2, 0) is 23.7 Å². The quantitative estimate of drug-likeness (QED) is 0.711. The van der Waals surface area contributed by atoms with Gasteiger partial charge in [-0.15, -0.1) is 0 Å². The van der Waals surface area contributed by atoms with E-state index in [1.54, 1.807) is 20.8 Å². The van der Waals surface area contributed by atoms with Gasteiger partial charge in [0.15, 0.2) is 18.2 Å². The van der Waals surface area contributed by atoms with Crippen LogP contribution in [0.3, 0.4) is 0 Å². The van der Waals surface area contributed by atoms with Gasteiger partial charge in [-0.25, -0.2) is 0 Å². The fourth-order valence-electron chi connectivity index (χ4n) is 2.31. The van der Waals surface area contributed by atoms with Crippen LogP contribution in [0.1, 0.15) is 20.8 Å². The summed E-state index contributed by atoms with van der Waals surface area (Å²) in [6.07, 6.45) is -2.97. The van der Waals surface area contributed by atoms with Crippen LogP contribution in [0, 0.1) is 0 Å². The van der Waals surface area contributed by atoms with Gasteiger partial charge in [-0.3, -0.25) is 4.79 Å². The average molecular weight is 275 g/mol. The second-order valence-electron chi connectivity index (χ2n) is 5.32. The molecular weight excluding hydrogens is 254 g/mol. The summed E-state index contributed by atoms with van der Waals surface area (Å²) in [5, 5.41) is 11.8. The number of hydrogen-bond donors (Lipinski definition) is 2. The van der Waals surface area contributed by atoms with E-state index in [-0.39, 0.29) is 12.5 Å². The topological polar surface area (TPSA) is 86.3 Å². The summed E-state index contributed by atoms with van der Waals surface area (Å²) in [7, 11) is 1.49. The molecule has 0 radical (unpaired) electrons. The van der Waals surface area contributed by atoms with Crippen molar-refractivity contribution in [2.24, 2.45) is 0 Å². The zero-order chi connectivity index (χ0) is 14.2. The van der Waals surface area contributed by atoms with E-state index in [0.717, 1.165) is 0 Å². The number of aliphatic hydroxyl groups is 1. The minimum atomic E-state index is -0.796. The van der Waals surface area contributed by atoms with E-state index >= 15 is 0 Å². The van der Waals surface area contributed by atoms with Crippen molar-refractivity contribution in [3.63, 3.8) is 0 Å². The minimum Gasteiger partial charge on any atom is -0.392 e. The van der Waals surface area contributed by atoms with Crippen LogP contribution in [0.15, 0.2) is 0 Å². The molecule has 1 unspecified atom stereocenters. The van der Waals surface area contributed by atoms with Crippen LogP contribution in [-0.4, -0.2) is 61.2 Å². The lowest BCUT2D eigenvalue weighted by Crippen LogP contribution is -2.44. The van der Waals surface area contributed by atoms with E-state index in [0.29, 0.717) is 0 Å². The molecule has 7 heteroatoms. The van der Waals surface area contributed by atoms with E-state index in [9.17, 15) is 9.90 Å². The van der Waals surface area contributed by atoms with Gasteiger partial charge in [0.2, 0.25) is 0 Å². The van der Waals surface area contributed by atoms with Crippen molar-refractivity contribution in [1.82, 2.24) is 5.32 Å². The first kappa shape index (κ1) is 14.7. The lowest BCUT2D eigenvalue weighted by Gasteiger charge is -2.23. The number of fused-ring (bicyclic) bond motifs is 1. The summed E-state index contributed by atoms with van der Waals surface area (Å²) in [5.41, 5.74) is 0. The van der Waals surface area contributed by atoms with Crippen molar-refractivity contribution < 1.29 is 28.8 Å². The summed E-state index contributed by atoms with van der Waals surface area (Å²) in [5.74, 6) is -1.10. The van der Waals surface area contributed by atoms with Gasteiger partial charge in [0, 0.05) is 13.7 Å². The highest BCUT2D eigenvalue weighted by molar-refractivity contribution is 5.82. The standard InChI is InChI=1S/C12H21NO6/c1-6(14)5-13-10(15)8-7-9(11(16-4)17-8)19-12(2,3)18-7/h6-9,11,14H,5H2,1-4H3,(H,13,15)/t6?,7-,8+,9-,11-/m1/s1. The predicted molar refractivity (Wildman–Crippen MR) is 64.2 cm³/mol.